The van der Waals surface area contributed by atoms with E-state index in [0.717, 1.165) is 32.4 Å². The van der Waals surface area contributed by atoms with Crippen molar-refractivity contribution in [1.29, 1.82) is 5.26 Å². The summed E-state index contributed by atoms with van der Waals surface area (Å²) in [6.45, 7) is 11.3. The SMILES string of the molecule is COc1cc(OC2(c3ccccc3N3CCC(CO)CC3)C(C)(C)CC2(C)C)ccc1C#N. The van der Waals surface area contributed by atoms with Crippen molar-refractivity contribution in [2.24, 2.45) is 16.7 Å². The summed E-state index contributed by atoms with van der Waals surface area (Å²) >= 11 is 0. The van der Waals surface area contributed by atoms with Crippen molar-refractivity contribution in [3.63, 3.8) is 0 Å². The summed E-state index contributed by atoms with van der Waals surface area (Å²) in [4.78, 5) is 2.45. The maximum absolute atomic E-state index is 9.59. The molecule has 0 atom stereocenters. The Morgan fingerprint density at radius 3 is 2.30 bits per heavy atom. The molecule has 0 aromatic heterocycles. The lowest BCUT2D eigenvalue weighted by atomic mass is 9.42. The number of piperidine rings is 1. The monoisotopic (exact) mass is 448 g/mol. The Hall–Kier alpha value is -2.71. The van der Waals surface area contributed by atoms with Crippen LogP contribution in [0, 0.1) is 28.1 Å². The number of hydrogen-bond donors (Lipinski definition) is 1. The minimum Gasteiger partial charge on any atom is -0.495 e. The average Bonchev–Trinajstić information content (AvgIpc) is 2.81. The Morgan fingerprint density at radius 2 is 1.73 bits per heavy atom. The zero-order chi connectivity index (χ0) is 23.9. The summed E-state index contributed by atoms with van der Waals surface area (Å²) in [5, 5.41) is 19.0. The molecule has 1 saturated carbocycles. The van der Waals surface area contributed by atoms with E-state index < -0.39 is 5.60 Å². The summed E-state index contributed by atoms with van der Waals surface area (Å²) in [5.74, 6) is 1.63. The Morgan fingerprint density at radius 1 is 1.06 bits per heavy atom. The third-order valence-electron chi connectivity index (χ3n) is 7.85. The van der Waals surface area contributed by atoms with Gasteiger partial charge in [0.25, 0.3) is 0 Å². The van der Waals surface area contributed by atoms with Crippen molar-refractivity contribution >= 4 is 5.69 Å². The normalized spacial score (nSPS) is 21.1. The van der Waals surface area contributed by atoms with Gasteiger partial charge in [0.05, 0.1) is 12.7 Å². The second-order valence-electron chi connectivity index (χ2n) is 10.8. The van der Waals surface area contributed by atoms with Crippen LogP contribution in [0.1, 0.15) is 58.1 Å². The average molecular weight is 449 g/mol. The molecule has 1 saturated heterocycles. The summed E-state index contributed by atoms with van der Waals surface area (Å²) in [7, 11) is 1.58. The van der Waals surface area contributed by atoms with Crippen LogP contribution in [0.4, 0.5) is 5.69 Å². The van der Waals surface area contributed by atoms with Crippen molar-refractivity contribution in [3.05, 3.63) is 53.6 Å². The topological polar surface area (TPSA) is 65.7 Å². The van der Waals surface area contributed by atoms with Crippen molar-refractivity contribution in [3.8, 4) is 17.6 Å². The first-order valence-corrected chi connectivity index (χ1v) is 11.9. The van der Waals surface area contributed by atoms with Gasteiger partial charge in [-0.15, -0.1) is 0 Å². The fraction of sp³-hybridized carbons (Fsp3) is 0.536. The van der Waals surface area contributed by atoms with Gasteiger partial charge in [0.2, 0.25) is 0 Å². The maximum atomic E-state index is 9.59. The smallest absolute Gasteiger partial charge is 0.146 e. The van der Waals surface area contributed by atoms with Crippen molar-refractivity contribution in [2.45, 2.75) is 52.6 Å². The number of nitriles is 1. The summed E-state index contributed by atoms with van der Waals surface area (Å²) < 4.78 is 12.5. The molecule has 0 spiro atoms. The highest BCUT2D eigenvalue weighted by atomic mass is 16.5. The van der Waals surface area contributed by atoms with Crippen molar-refractivity contribution < 1.29 is 14.6 Å². The third-order valence-corrected chi connectivity index (χ3v) is 7.85. The summed E-state index contributed by atoms with van der Waals surface area (Å²) in [6, 6.07) is 16.3. The van der Waals surface area contributed by atoms with Gasteiger partial charge < -0.3 is 19.5 Å². The van der Waals surface area contributed by atoms with Crippen LogP contribution in [-0.4, -0.2) is 31.9 Å². The number of ether oxygens (including phenoxy) is 2. The van der Waals surface area contributed by atoms with E-state index in [2.05, 4.69) is 62.9 Å². The first kappa shape index (κ1) is 23.4. The largest absolute Gasteiger partial charge is 0.495 e. The highest BCUT2D eigenvalue weighted by Crippen LogP contribution is 2.69. The van der Waals surface area contributed by atoms with E-state index in [0.29, 0.717) is 23.0 Å². The Labute approximate surface area is 197 Å². The first-order chi connectivity index (χ1) is 15.7. The third kappa shape index (κ3) is 3.75. The molecule has 0 radical (unpaired) electrons. The molecule has 2 aromatic rings. The van der Waals surface area contributed by atoms with Gasteiger partial charge in [-0.25, -0.2) is 0 Å². The van der Waals surface area contributed by atoms with Crippen LogP contribution in [0.3, 0.4) is 0 Å². The molecule has 2 aliphatic rings. The number of methoxy groups -OCH3 is 1. The second-order valence-corrected chi connectivity index (χ2v) is 10.8. The number of rotatable bonds is 6. The molecule has 1 heterocycles. The molecule has 2 aromatic carbocycles. The molecule has 1 aliphatic carbocycles. The van der Waals surface area contributed by atoms with E-state index >= 15 is 0 Å². The fourth-order valence-electron chi connectivity index (χ4n) is 6.63. The molecule has 0 unspecified atom stereocenters. The molecule has 0 bridgehead atoms. The van der Waals surface area contributed by atoms with Gasteiger partial charge in [-0.1, -0.05) is 45.9 Å². The zero-order valence-corrected chi connectivity index (χ0v) is 20.5. The lowest BCUT2D eigenvalue weighted by Crippen LogP contribution is -2.67. The lowest BCUT2D eigenvalue weighted by molar-refractivity contribution is -0.237. The minimum absolute atomic E-state index is 0.100. The van der Waals surface area contributed by atoms with E-state index in [1.165, 1.54) is 11.3 Å². The molecule has 1 aliphatic heterocycles. The first-order valence-electron chi connectivity index (χ1n) is 11.9. The zero-order valence-electron chi connectivity index (χ0n) is 20.5. The van der Waals surface area contributed by atoms with Crippen LogP contribution < -0.4 is 14.4 Å². The van der Waals surface area contributed by atoms with E-state index in [-0.39, 0.29) is 17.4 Å². The van der Waals surface area contributed by atoms with Gasteiger partial charge in [-0.3, -0.25) is 0 Å². The molecule has 4 rings (SSSR count). The van der Waals surface area contributed by atoms with Crippen molar-refractivity contribution in [1.82, 2.24) is 0 Å². The quantitative estimate of drug-likeness (QED) is 0.632. The second kappa shape index (κ2) is 8.57. The highest BCUT2D eigenvalue weighted by Gasteiger charge is 2.69. The highest BCUT2D eigenvalue weighted by molar-refractivity contribution is 5.60. The fourth-order valence-corrected chi connectivity index (χ4v) is 6.63. The predicted molar refractivity (Wildman–Crippen MR) is 131 cm³/mol. The molecule has 33 heavy (non-hydrogen) atoms. The Kier molecular flexibility index (Phi) is 6.09. The Balaban J connectivity index is 1.81. The van der Waals surface area contributed by atoms with Gasteiger partial charge in [0.1, 0.15) is 23.2 Å². The van der Waals surface area contributed by atoms with Gasteiger partial charge in [-0.05, 0) is 43.4 Å². The minimum atomic E-state index is -0.552. The molecule has 2 fully saturated rings. The van der Waals surface area contributed by atoms with Gasteiger partial charge in [0.15, 0.2) is 0 Å². The number of aliphatic hydroxyl groups excluding tert-OH is 1. The number of anilines is 1. The van der Waals surface area contributed by atoms with E-state index in [9.17, 15) is 10.4 Å². The summed E-state index contributed by atoms with van der Waals surface area (Å²) in [5.41, 5.74) is 2.17. The number of nitrogens with zero attached hydrogens (tertiary/aromatic N) is 2. The Bertz CT molecular complexity index is 1030. The maximum Gasteiger partial charge on any atom is 0.146 e. The molecular formula is C28H36N2O3. The van der Waals surface area contributed by atoms with Crippen LogP contribution in [0.2, 0.25) is 0 Å². The van der Waals surface area contributed by atoms with Crippen LogP contribution >= 0.6 is 0 Å². The van der Waals surface area contributed by atoms with E-state index in [4.69, 9.17) is 9.47 Å². The molecule has 5 nitrogen and oxygen atoms in total. The van der Waals surface area contributed by atoms with Gasteiger partial charge in [0, 0.05) is 47.8 Å². The molecule has 1 N–H and O–H groups in total. The number of benzene rings is 2. The summed E-state index contributed by atoms with van der Waals surface area (Å²) in [6.07, 6.45) is 3.03. The number of aliphatic hydroxyl groups is 1. The van der Waals surface area contributed by atoms with Crippen LogP contribution in [-0.2, 0) is 5.60 Å². The van der Waals surface area contributed by atoms with Crippen LogP contribution in [0.25, 0.3) is 0 Å². The molecule has 0 amide bonds. The standard InChI is InChI=1S/C28H36N2O3/c1-26(2)19-27(3,4)28(26,33-22-11-10-21(17-29)25(16-22)32-5)23-8-6-7-9-24(23)30-14-12-20(18-31)13-15-30/h6-11,16,20,31H,12-15,18-19H2,1-5H3. The van der Waals surface area contributed by atoms with Crippen LogP contribution in [0.15, 0.2) is 42.5 Å². The predicted octanol–water partition coefficient (Wildman–Crippen LogP) is 5.51. The number of hydrogen-bond acceptors (Lipinski definition) is 5. The van der Waals surface area contributed by atoms with Crippen LogP contribution in [0.5, 0.6) is 11.5 Å². The molecule has 5 heteroatoms. The number of para-hydroxylation sites is 1. The van der Waals surface area contributed by atoms with Gasteiger partial charge in [-0.2, -0.15) is 5.26 Å². The van der Waals surface area contributed by atoms with Crippen molar-refractivity contribution in [2.75, 3.05) is 31.7 Å². The van der Waals surface area contributed by atoms with E-state index in [1.807, 2.05) is 12.1 Å². The lowest BCUT2D eigenvalue weighted by Gasteiger charge is -2.67. The molecular weight excluding hydrogens is 412 g/mol. The van der Waals surface area contributed by atoms with Gasteiger partial charge >= 0.3 is 0 Å². The van der Waals surface area contributed by atoms with E-state index in [1.54, 1.807) is 13.2 Å². The molecule has 176 valence electrons.